The molecule has 5 nitrogen and oxygen atoms in total. The Bertz CT molecular complexity index is 575. The monoisotopic (exact) mass is 285 g/mol. The van der Waals surface area contributed by atoms with Crippen LogP contribution < -0.4 is 0 Å². The van der Waals surface area contributed by atoms with Gasteiger partial charge in [0, 0.05) is 37.3 Å². The van der Waals surface area contributed by atoms with Crippen molar-refractivity contribution < 1.29 is 0 Å². The average Bonchev–Trinajstić information content (AvgIpc) is 3.00. The summed E-state index contributed by atoms with van der Waals surface area (Å²) in [6.45, 7) is 5.97. The number of hydrogen-bond acceptors (Lipinski definition) is 4. The second kappa shape index (κ2) is 6.74. The fourth-order valence-electron chi connectivity index (χ4n) is 3.36. The summed E-state index contributed by atoms with van der Waals surface area (Å²) in [5, 5.41) is 22.5. The predicted molar refractivity (Wildman–Crippen MR) is 80.2 cm³/mol. The highest BCUT2D eigenvalue weighted by molar-refractivity contribution is 5.29. The minimum absolute atomic E-state index is 0.0532. The largest absolute Gasteiger partial charge is 0.295 e. The van der Waals surface area contributed by atoms with Crippen LogP contribution in [0.5, 0.6) is 0 Å². The normalized spacial score (nSPS) is 20.1. The number of aromatic nitrogens is 2. The summed E-state index contributed by atoms with van der Waals surface area (Å²) < 4.78 is 1.94. The summed E-state index contributed by atoms with van der Waals surface area (Å²) in [6.07, 6.45) is 3.42. The van der Waals surface area contributed by atoms with Gasteiger partial charge >= 0.3 is 0 Å². The predicted octanol–water partition coefficient (Wildman–Crippen LogP) is 2.62. The summed E-state index contributed by atoms with van der Waals surface area (Å²) in [4.78, 5) is 2.41. The number of likely N-dealkylation sites (tertiary alicyclic amines) is 1. The standard InChI is InChI=1S/C16H23N5/c1-12-16(13(2)20(3)19-12)15-7-5-9-21(15)11-14(10-18)6-4-8-17/h14-15H,4-7,9,11H2,1-3H3/t14-,15-/m1/s1. The zero-order valence-electron chi connectivity index (χ0n) is 13.1. The molecule has 1 aromatic rings. The number of nitrogens with zero attached hydrogens (tertiary/aromatic N) is 5. The van der Waals surface area contributed by atoms with Crippen molar-refractivity contribution in [3.05, 3.63) is 17.0 Å². The van der Waals surface area contributed by atoms with Crippen molar-refractivity contribution in [1.82, 2.24) is 14.7 Å². The van der Waals surface area contributed by atoms with E-state index in [9.17, 15) is 5.26 Å². The van der Waals surface area contributed by atoms with E-state index in [0.717, 1.165) is 31.6 Å². The Balaban J connectivity index is 2.14. The molecule has 1 fully saturated rings. The lowest BCUT2D eigenvalue weighted by atomic mass is 10.00. The van der Waals surface area contributed by atoms with Crippen molar-refractivity contribution >= 4 is 0 Å². The smallest absolute Gasteiger partial charge is 0.0669 e. The first-order chi connectivity index (χ1) is 10.1. The van der Waals surface area contributed by atoms with E-state index >= 15 is 0 Å². The molecular formula is C16H23N5. The van der Waals surface area contributed by atoms with Gasteiger partial charge < -0.3 is 0 Å². The highest BCUT2D eigenvalue weighted by atomic mass is 15.3. The molecule has 2 rings (SSSR count). The van der Waals surface area contributed by atoms with Gasteiger partial charge in [0.2, 0.25) is 0 Å². The van der Waals surface area contributed by atoms with Gasteiger partial charge in [0.1, 0.15) is 0 Å². The van der Waals surface area contributed by atoms with E-state index in [1.165, 1.54) is 11.3 Å². The van der Waals surface area contributed by atoms with Crippen LogP contribution in [0.15, 0.2) is 0 Å². The molecule has 112 valence electrons. The molecule has 0 spiro atoms. The van der Waals surface area contributed by atoms with Crippen LogP contribution in [-0.4, -0.2) is 27.8 Å². The third-order valence-electron chi connectivity index (χ3n) is 4.50. The molecular weight excluding hydrogens is 262 g/mol. The van der Waals surface area contributed by atoms with E-state index in [2.05, 4.69) is 36.0 Å². The topological polar surface area (TPSA) is 68.6 Å². The van der Waals surface area contributed by atoms with Crippen LogP contribution in [0.2, 0.25) is 0 Å². The van der Waals surface area contributed by atoms with Crippen molar-refractivity contribution in [3.63, 3.8) is 0 Å². The molecule has 5 heteroatoms. The molecule has 1 aliphatic rings. The van der Waals surface area contributed by atoms with Gasteiger partial charge in [-0.2, -0.15) is 15.6 Å². The molecule has 1 aliphatic heterocycles. The molecule has 0 saturated carbocycles. The average molecular weight is 285 g/mol. The molecule has 21 heavy (non-hydrogen) atoms. The third kappa shape index (κ3) is 3.25. The van der Waals surface area contributed by atoms with E-state index in [-0.39, 0.29) is 5.92 Å². The lowest BCUT2D eigenvalue weighted by Gasteiger charge is -2.26. The maximum Gasteiger partial charge on any atom is 0.0669 e. The molecule has 0 aliphatic carbocycles. The zero-order valence-corrected chi connectivity index (χ0v) is 13.1. The maximum absolute atomic E-state index is 9.28. The van der Waals surface area contributed by atoms with Crippen molar-refractivity contribution in [2.45, 2.75) is 45.6 Å². The molecule has 0 aromatic carbocycles. The summed E-state index contributed by atoms with van der Waals surface area (Å²) in [7, 11) is 1.98. The molecule has 0 amide bonds. The van der Waals surface area contributed by atoms with E-state index in [0.29, 0.717) is 18.9 Å². The van der Waals surface area contributed by atoms with Crippen LogP contribution in [-0.2, 0) is 7.05 Å². The van der Waals surface area contributed by atoms with Gasteiger partial charge in [0.25, 0.3) is 0 Å². The van der Waals surface area contributed by atoms with Crippen LogP contribution in [0.1, 0.15) is 48.7 Å². The Hall–Kier alpha value is -1.85. The van der Waals surface area contributed by atoms with Crippen LogP contribution in [0.3, 0.4) is 0 Å². The zero-order chi connectivity index (χ0) is 15.4. The van der Waals surface area contributed by atoms with Crippen LogP contribution in [0, 0.1) is 42.4 Å². The van der Waals surface area contributed by atoms with Gasteiger partial charge in [-0.1, -0.05) is 0 Å². The number of aryl methyl sites for hydroxylation is 2. The number of nitriles is 2. The highest BCUT2D eigenvalue weighted by Crippen LogP contribution is 2.36. The lowest BCUT2D eigenvalue weighted by Crippen LogP contribution is -2.29. The molecule has 0 unspecified atom stereocenters. The second-order valence-corrected chi connectivity index (χ2v) is 5.88. The Kier molecular flexibility index (Phi) is 4.98. The van der Waals surface area contributed by atoms with E-state index in [1.807, 2.05) is 11.7 Å². The van der Waals surface area contributed by atoms with Gasteiger partial charge in [0.05, 0.1) is 23.8 Å². The van der Waals surface area contributed by atoms with Crippen molar-refractivity contribution in [3.8, 4) is 12.1 Å². The van der Waals surface area contributed by atoms with Crippen molar-refractivity contribution in [1.29, 1.82) is 10.5 Å². The Morgan fingerprint density at radius 3 is 2.71 bits per heavy atom. The quantitative estimate of drug-likeness (QED) is 0.834. The fraction of sp³-hybridized carbons (Fsp3) is 0.688. The Morgan fingerprint density at radius 2 is 2.14 bits per heavy atom. The molecule has 1 aromatic heterocycles. The molecule has 1 saturated heterocycles. The summed E-state index contributed by atoms with van der Waals surface area (Å²) >= 11 is 0. The van der Waals surface area contributed by atoms with Crippen molar-refractivity contribution in [2.24, 2.45) is 13.0 Å². The van der Waals surface area contributed by atoms with Crippen LogP contribution >= 0.6 is 0 Å². The van der Waals surface area contributed by atoms with E-state index in [4.69, 9.17) is 5.26 Å². The van der Waals surface area contributed by atoms with E-state index < -0.39 is 0 Å². The van der Waals surface area contributed by atoms with Gasteiger partial charge in [0.15, 0.2) is 0 Å². The minimum Gasteiger partial charge on any atom is -0.295 e. The highest BCUT2D eigenvalue weighted by Gasteiger charge is 2.31. The van der Waals surface area contributed by atoms with Gasteiger partial charge in [-0.15, -0.1) is 0 Å². The molecule has 2 heterocycles. The molecule has 0 bridgehead atoms. The molecule has 0 radical (unpaired) electrons. The first kappa shape index (κ1) is 15.5. The van der Waals surface area contributed by atoms with E-state index in [1.54, 1.807) is 0 Å². The second-order valence-electron chi connectivity index (χ2n) is 5.88. The van der Waals surface area contributed by atoms with Crippen LogP contribution in [0.25, 0.3) is 0 Å². The van der Waals surface area contributed by atoms with Gasteiger partial charge in [-0.25, -0.2) is 0 Å². The van der Waals surface area contributed by atoms with Gasteiger partial charge in [-0.05, 0) is 39.7 Å². The summed E-state index contributed by atoms with van der Waals surface area (Å²) in [5.41, 5.74) is 3.64. The van der Waals surface area contributed by atoms with Gasteiger partial charge in [-0.3, -0.25) is 9.58 Å². The minimum atomic E-state index is -0.0532. The van der Waals surface area contributed by atoms with Crippen LogP contribution in [0.4, 0.5) is 0 Å². The van der Waals surface area contributed by atoms with Crippen molar-refractivity contribution in [2.75, 3.05) is 13.1 Å². The summed E-state index contributed by atoms with van der Waals surface area (Å²) in [5.74, 6) is -0.0532. The number of hydrogen-bond donors (Lipinski definition) is 0. The number of rotatable bonds is 5. The SMILES string of the molecule is Cc1nn(C)c(C)c1[C@H]1CCCN1C[C@@H](C#N)CCC#N. The Morgan fingerprint density at radius 1 is 1.38 bits per heavy atom. The molecule has 2 atom stereocenters. The first-order valence-electron chi connectivity index (χ1n) is 7.59. The first-order valence-corrected chi connectivity index (χ1v) is 7.59. The fourth-order valence-corrected chi connectivity index (χ4v) is 3.36. The third-order valence-corrected chi connectivity index (χ3v) is 4.50. The maximum atomic E-state index is 9.28. The molecule has 0 N–H and O–H groups in total. The Labute approximate surface area is 126 Å². The lowest BCUT2D eigenvalue weighted by molar-refractivity contribution is 0.229. The summed E-state index contributed by atoms with van der Waals surface area (Å²) in [6, 6.07) is 4.87.